The summed E-state index contributed by atoms with van der Waals surface area (Å²) >= 11 is 0. The van der Waals surface area contributed by atoms with Crippen molar-refractivity contribution in [2.45, 2.75) is 25.9 Å². The molecule has 3 N–H and O–H groups in total. The van der Waals surface area contributed by atoms with Crippen molar-refractivity contribution in [3.63, 3.8) is 0 Å². The molecule has 0 heterocycles. The third-order valence-electron chi connectivity index (χ3n) is 3.94. The number of hydrogen-bond donors (Lipinski definition) is 2. The normalized spacial score (nSPS) is 14.8. The number of carbonyl (C=O) groups excluding carboxylic acids is 1. The number of benzene rings is 2. The van der Waals surface area contributed by atoms with Gasteiger partial charge in [0.1, 0.15) is 0 Å². The van der Waals surface area contributed by atoms with Gasteiger partial charge in [-0.15, -0.1) is 0 Å². The Morgan fingerprint density at radius 3 is 2.26 bits per heavy atom. The second-order valence-corrected chi connectivity index (χ2v) is 5.63. The first-order valence-corrected chi connectivity index (χ1v) is 7.46. The molecule has 2 aromatic carbocycles. The fourth-order valence-corrected chi connectivity index (χ4v) is 2.34. The summed E-state index contributed by atoms with van der Waals surface area (Å²) in [5.74, 6) is -2.53. The van der Waals surface area contributed by atoms with Crippen LogP contribution < -0.4 is 11.1 Å². The summed E-state index contributed by atoms with van der Waals surface area (Å²) in [6, 6.07) is 12.1. The number of carbonyl (C=O) groups is 1. The fourth-order valence-electron chi connectivity index (χ4n) is 2.34. The third kappa shape index (κ3) is 4.13. The van der Waals surface area contributed by atoms with Gasteiger partial charge in [0.05, 0.1) is 12.0 Å². The zero-order valence-electron chi connectivity index (χ0n) is 13.1. The van der Waals surface area contributed by atoms with Crippen LogP contribution >= 0.6 is 0 Å². The van der Waals surface area contributed by atoms with Gasteiger partial charge in [-0.25, -0.2) is 8.78 Å². The van der Waals surface area contributed by atoms with E-state index >= 15 is 0 Å². The van der Waals surface area contributed by atoms with Crippen molar-refractivity contribution in [3.8, 4) is 0 Å². The van der Waals surface area contributed by atoms with Crippen LogP contribution in [0.15, 0.2) is 48.5 Å². The molecule has 3 atom stereocenters. The second-order valence-electron chi connectivity index (χ2n) is 5.63. The van der Waals surface area contributed by atoms with Gasteiger partial charge < -0.3 is 11.1 Å². The highest BCUT2D eigenvalue weighted by Crippen LogP contribution is 2.21. The highest BCUT2D eigenvalue weighted by atomic mass is 19.2. The van der Waals surface area contributed by atoms with Gasteiger partial charge in [0, 0.05) is 6.04 Å². The van der Waals surface area contributed by atoms with Crippen LogP contribution in [-0.4, -0.2) is 5.91 Å². The van der Waals surface area contributed by atoms with E-state index in [0.29, 0.717) is 5.56 Å². The van der Waals surface area contributed by atoms with E-state index in [0.717, 1.165) is 17.7 Å². The number of hydrogen-bond acceptors (Lipinski definition) is 2. The van der Waals surface area contributed by atoms with Gasteiger partial charge in [0.25, 0.3) is 0 Å². The lowest BCUT2D eigenvalue weighted by Gasteiger charge is -2.22. The largest absolute Gasteiger partial charge is 0.349 e. The SMILES string of the molecule is CC(NC(=O)C(C)C(N)c1ccccc1)c1ccc(F)c(F)c1. The number of nitrogens with one attached hydrogen (secondary N) is 1. The minimum atomic E-state index is -0.933. The zero-order valence-corrected chi connectivity index (χ0v) is 13.1. The van der Waals surface area contributed by atoms with E-state index in [2.05, 4.69) is 5.32 Å². The molecule has 5 heteroatoms. The molecule has 3 unspecified atom stereocenters. The van der Waals surface area contributed by atoms with Gasteiger partial charge in [-0.3, -0.25) is 4.79 Å². The van der Waals surface area contributed by atoms with Crippen molar-refractivity contribution in [2.24, 2.45) is 11.7 Å². The molecular weight excluding hydrogens is 298 g/mol. The van der Waals surface area contributed by atoms with Crippen LogP contribution in [0.3, 0.4) is 0 Å². The molecule has 1 amide bonds. The summed E-state index contributed by atoms with van der Waals surface area (Å²) in [4.78, 5) is 12.3. The van der Waals surface area contributed by atoms with Crippen LogP contribution in [0.4, 0.5) is 8.78 Å². The van der Waals surface area contributed by atoms with Crippen molar-refractivity contribution in [1.29, 1.82) is 0 Å². The Balaban J connectivity index is 2.04. The van der Waals surface area contributed by atoms with Crippen LogP contribution in [0.5, 0.6) is 0 Å². The summed E-state index contributed by atoms with van der Waals surface area (Å²) in [6.45, 7) is 3.45. The van der Waals surface area contributed by atoms with Crippen molar-refractivity contribution in [2.75, 3.05) is 0 Å². The average molecular weight is 318 g/mol. The van der Waals surface area contributed by atoms with Gasteiger partial charge in [-0.2, -0.15) is 0 Å². The first kappa shape index (κ1) is 17.1. The van der Waals surface area contributed by atoms with Crippen LogP contribution in [-0.2, 0) is 4.79 Å². The van der Waals surface area contributed by atoms with Crippen molar-refractivity contribution in [3.05, 3.63) is 71.3 Å². The molecule has 0 aromatic heterocycles. The predicted octanol–water partition coefficient (Wildman–Crippen LogP) is 3.48. The lowest BCUT2D eigenvalue weighted by atomic mass is 9.94. The maximum absolute atomic E-state index is 13.3. The highest BCUT2D eigenvalue weighted by molar-refractivity contribution is 5.79. The van der Waals surface area contributed by atoms with Crippen LogP contribution in [0.2, 0.25) is 0 Å². The molecule has 0 radical (unpaired) electrons. The quantitative estimate of drug-likeness (QED) is 0.887. The van der Waals surface area contributed by atoms with Crippen molar-refractivity contribution < 1.29 is 13.6 Å². The summed E-state index contributed by atoms with van der Waals surface area (Å²) in [5.41, 5.74) is 7.50. The number of amides is 1. The lowest BCUT2D eigenvalue weighted by molar-refractivity contribution is -0.125. The van der Waals surface area contributed by atoms with E-state index in [9.17, 15) is 13.6 Å². The summed E-state index contributed by atoms with van der Waals surface area (Å²) in [6.07, 6.45) is 0. The lowest BCUT2D eigenvalue weighted by Crippen LogP contribution is -2.36. The Morgan fingerprint density at radius 1 is 1.00 bits per heavy atom. The minimum Gasteiger partial charge on any atom is -0.349 e. The first-order valence-electron chi connectivity index (χ1n) is 7.46. The van der Waals surface area contributed by atoms with Gasteiger partial charge >= 0.3 is 0 Å². The van der Waals surface area contributed by atoms with Crippen LogP contribution in [0.1, 0.15) is 37.1 Å². The van der Waals surface area contributed by atoms with Crippen LogP contribution in [0.25, 0.3) is 0 Å². The van der Waals surface area contributed by atoms with Crippen molar-refractivity contribution >= 4 is 5.91 Å². The molecule has 2 aromatic rings. The summed E-state index contributed by atoms with van der Waals surface area (Å²) in [5, 5.41) is 2.79. The van der Waals surface area contributed by atoms with E-state index in [1.54, 1.807) is 13.8 Å². The standard InChI is InChI=1S/C18H20F2N2O/c1-11(17(21)13-6-4-3-5-7-13)18(23)22-12(2)14-8-9-15(19)16(20)10-14/h3-12,17H,21H2,1-2H3,(H,22,23). The van der Waals surface area contributed by atoms with Gasteiger partial charge in [0.15, 0.2) is 11.6 Å². The molecule has 3 nitrogen and oxygen atoms in total. The van der Waals surface area contributed by atoms with Gasteiger partial charge in [0.2, 0.25) is 5.91 Å². The van der Waals surface area contributed by atoms with E-state index in [4.69, 9.17) is 5.73 Å². The molecule has 0 aliphatic heterocycles. The van der Waals surface area contributed by atoms with Gasteiger partial charge in [-0.05, 0) is 30.2 Å². The smallest absolute Gasteiger partial charge is 0.225 e. The van der Waals surface area contributed by atoms with Crippen LogP contribution in [0, 0.1) is 17.6 Å². The van der Waals surface area contributed by atoms with E-state index < -0.39 is 29.6 Å². The molecule has 0 saturated carbocycles. The molecule has 0 spiro atoms. The summed E-state index contributed by atoms with van der Waals surface area (Å²) in [7, 11) is 0. The Labute approximate surface area is 134 Å². The van der Waals surface area contributed by atoms with Crippen molar-refractivity contribution in [1.82, 2.24) is 5.32 Å². The Hall–Kier alpha value is -2.27. The maximum Gasteiger partial charge on any atom is 0.225 e. The molecule has 122 valence electrons. The maximum atomic E-state index is 13.3. The molecular formula is C18H20F2N2O. The minimum absolute atomic E-state index is 0.237. The first-order chi connectivity index (χ1) is 10.9. The Kier molecular flexibility index (Phi) is 5.45. The molecule has 23 heavy (non-hydrogen) atoms. The van der Waals surface area contributed by atoms with E-state index in [1.807, 2.05) is 30.3 Å². The molecule has 0 fully saturated rings. The monoisotopic (exact) mass is 318 g/mol. The Bertz CT molecular complexity index is 676. The van der Waals surface area contributed by atoms with E-state index in [-0.39, 0.29) is 5.91 Å². The molecule has 0 aliphatic rings. The average Bonchev–Trinajstić information content (AvgIpc) is 2.56. The number of rotatable bonds is 5. The molecule has 0 bridgehead atoms. The highest BCUT2D eigenvalue weighted by Gasteiger charge is 2.23. The Morgan fingerprint density at radius 2 is 1.65 bits per heavy atom. The molecule has 0 aliphatic carbocycles. The molecule has 0 saturated heterocycles. The predicted molar refractivity (Wildman–Crippen MR) is 85.5 cm³/mol. The third-order valence-corrected chi connectivity index (χ3v) is 3.94. The van der Waals surface area contributed by atoms with Gasteiger partial charge in [-0.1, -0.05) is 43.3 Å². The zero-order chi connectivity index (χ0) is 17.0. The topological polar surface area (TPSA) is 55.1 Å². The van der Waals surface area contributed by atoms with E-state index in [1.165, 1.54) is 6.07 Å². The second kappa shape index (κ2) is 7.33. The number of halogens is 2. The number of nitrogens with two attached hydrogens (primary N) is 1. The molecule has 2 rings (SSSR count). The summed E-state index contributed by atoms with van der Waals surface area (Å²) < 4.78 is 26.2. The fraction of sp³-hybridized carbons (Fsp3) is 0.278.